The van der Waals surface area contributed by atoms with Gasteiger partial charge in [-0.25, -0.2) is 0 Å². The highest BCUT2D eigenvalue weighted by Gasteiger charge is 2.29. The molecule has 0 nitrogen and oxygen atoms in total. The van der Waals surface area contributed by atoms with E-state index in [1.165, 1.54) is 23.3 Å². The highest BCUT2D eigenvalue weighted by molar-refractivity contribution is 5.23. The van der Waals surface area contributed by atoms with Gasteiger partial charge in [0.05, 0.1) is 5.56 Å². The Morgan fingerprint density at radius 1 is 0.684 bits per heavy atom. The summed E-state index contributed by atoms with van der Waals surface area (Å²) in [5.74, 6) is 0. The van der Waals surface area contributed by atoms with Crippen molar-refractivity contribution in [2.45, 2.75) is 26.9 Å². The Labute approximate surface area is 111 Å². The van der Waals surface area contributed by atoms with Gasteiger partial charge in [0, 0.05) is 0 Å². The molecule has 2 aromatic rings. The van der Waals surface area contributed by atoms with Crippen LogP contribution >= 0.6 is 0 Å². The number of benzene rings is 2. The van der Waals surface area contributed by atoms with Crippen LogP contribution in [0, 0.1) is 20.8 Å². The van der Waals surface area contributed by atoms with E-state index in [0.29, 0.717) is 0 Å². The van der Waals surface area contributed by atoms with Gasteiger partial charge >= 0.3 is 6.18 Å². The SMILES string of the molecule is Cc1ccc(C(F)(F)F)cc1.Cc1cccc(C)c1. The minimum Gasteiger partial charge on any atom is -0.166 e. The van der Waals surface area contributed by atoms with Crippen LogP contribution in [-0.4, -0.2) is 0 Å². The molecule has 0 amide bonds. The van der Waals surface area contributed by atoms with Crippen LogP contribution < -0.4 is 0 Å². The van der Waals surface area contributed by atoms with E-state index in [1.807, 2.05) is 0 Å². The summed E-state index contributed by atoms with van der Waals surface area (Å²) in [5.41, 5.74) is 2.91. The predicted molar refractivity (Wildman–Crippen MR) is 72.1 cm³/mol. The molecule has 0 saturated carbocycles. The summed E-state index contributed by atoms with van der Waals surface area (Å²) in [6.45, 7) is 5.96. The van der Waals surface area contributed by atoms with Crippen LogP contribution in [0.25, 0.3) is 0 Å². The molecule has 0 atom stereocenters. The average Bonchev–Trinajstić information content (AvgIpc) is 2.28. The van der Waals surface area contributed by atoms with Crippen molar-refractivity contribution in [3.8, 4) is 0 Å². The topological polar surface area (TPSA) is 0 Å². The summed E-state index contributed by atoms with van der Waals surface area (Å²) in [6.07, 6.45) is -4.21. The van der Waals surface area contributed by atoms with Gasteiger partial charge in [-0.05, 0) is 32.9 Å². The van der Waals surface area contributed by atoms with Gasteiger partial charge in [0.25, 0.3) is 0 Å². The molecule has 0 radical (unpaired) electrons. The molecule has 0 aliphatic heterocycles. The van der Waals surface area contributed by atoms with Crippen molar-refractivity contribution < 1.29 is 13.2 Å². The standard InChI is InChI=1S/C8H7F3.C8H10/c1-6-2-4-7(5-3-6)8(9,10)11;1-7-4-3-5-8(2)6-7/h2-5H,1H3;3-6H,1-2H3. The third-order valence-corrected chi connectivity index (χ3v) is 2.55. The predicted octanol–water partition coefficient (Wildman–Crippen LogP) is 5.32. The smallest absolute Gasteiger partial charge is 0.166 e. The molecule has 0 spiro atoms. The van der Waals surface area contributed by atoms with E-state index >= 15 is 0 Å². The zero-order valence-corrected chi connectivity index (χ0v) is 11.3. The quantitative estimate of drug-likeness (QED) is 0.605. The summed E-state index contributed by atoms with van der Waals surface area (Å²) in [4.78, 5) is 0. The van der Waals surface area contributed by atoms with E-state index in [-0.39, 0.29) is 0 Å². The maximum atomic E-state index is 11.9. The molecule has 0 bridgehead atoms. The van der Waals surface area contributed by atoms with Crippen molar-refractivity contribution in [3.63, 3.8) is 0 Å². The molecule has 0 aromatic heterocycles. The van der Waals surface area contributed by atoms with Crippen LogP contribution in [0.5, 0.6) is 0 Å². The molecule has 0 saturated heterocycles. The largest absolute Gasteiger partial charge is 0.416 e. The van der Waals surface area contributed by atoms with Crippen molar-refractivity contribution in [2.75, 3.05) is 0 Å². The summed E-state index contributed by atoms with van der Waals surface area (Å²) >= 11 is 0. The summed E-state index contributed by atoms with van der Waals surface area (Å²) in [6, 6.07) is 13.5. The van der Waals surface area contributed by atoms with Crippen LogP contribution in [0.3, 0.4) is 0 Å². The van der Waals surface area contributed by atoms with Gasteiger partial charge in [-0.1, -0.05) is 53.1 Å². The number of hydrogen-bond donors (Lipinski definition) is 0. The Morgan fingerprint density at radius 2 is 1.16 bits per heavy atom. The van der Waals surface area contributed by atoms with Gasteiger partial charge in [0.1, 0.15) is 0 Å². The fourth-order valence-corrected chi connectivity index (χ4v) is 1.55. The lowest BCUT2D eigenvalue weighted by atomic mass is 10.1. The molecule has 0 N–H and O–H groups in total. The lowest BCUT2D eigenvalue weighted by Crippen LogP contribution is -2.03. The summed E-state index contributed by atoms with van der Waals surface area (Å²) in [7, 11) is 0. The zero-order valence-electron chi connectivity index (χ0n) is 11.3. The first kappa shape index (κ1) is 15.3. The molecule has 19 heavy (non-hydrogen) atoms. The van der Waals surface area contributed by atoms with Crippen molar-refractivity contribution in [1.29, 1.82) is 0 Å². The number of rotatable bonds is 0. The Morgan fingerprint density at radius 3 is 1.47 bits per heavy atom. The van der Waals surface area contributed by atoms with E-state index in [9.17, 15) is 13.2 Å². The first-order chi connectivity index (χ1) is 8.79. The van der Waals surface area contributed by atoms with Crippen LogP contribution in [0.15, 0.2) is 48.5 Å². The summed E-state index contributed by atoms with van der Waals surface area (Å²) < 4.78 is 35.8. The molecular formula is C16H17F3. The van der Waals surface area contributed by atoms with E-state index in [1.54, 1.807) is 6.92 Å². The van der Waals surface area contributed by atoms with Crippen molar-refractivity contribution in [1.82, 2.24) is 0 Å². The zero-order chi connectivity index (χ0) is 14.5. The van der Waals surface area contributed by atoms with Crippen LogP contribution in [-0.2, 0) is 6.18 Å². The second kappa shape index (κ2) is 6.41. The maximum absolute atomic E-state index is 11.9. The minimum absolute atomic E-state index is 0.594. The Hall–Kier alpha value is -1.77. The van der Waals surface area contributed by atoms with E-state index < -0.39 is 11.7 Å². The lowest BCUT2D eigenvalue weighted by Gasteiger charge is -2.05. The van der Waals surface area contributed by atoms with Gasteiger partial charge in [-0.2, -0.15) is 13.2 Å². The molecule has 2 rings (SSSR count). The van der Waals surface area contributed by atoms with Crippen LogP contribution in [0.2, 0.25) is 0 Å². The molecule has 102 valence electrons. The molecule has 0 aliphatic carbocycles. The molecular weight excluding hydrogens is 249 g/mol. The molecule has 0 unspecified atom stereocenters. The third-order valence-electron chi connectivity index (χ3n) is 2.55. The van der Waals surface area contributed by atoms with Crippen molar-refractivity contribution in [3.05, 3.63) is 70.8 Å². The third kappa shape index (κ3) is 5.60. The van der Waals surface area contributed by atoms with E-state index in [4.69, 9.17) is 0 Å². The Bertz CT molecular complexity index is 493. The fraction of sp³-hybridized carbons (Fsp3) is 0.250. The second-order valence-electron chi connectivity index (χ2n) is 4.52. The molecule has 3 heteroatoms. The first-order valence-corrected chi connectivity index (χ1v) is 5.96. The first-order valence-electron chi connectivity index (χ1n) is 5.96. The number of hydrogen-bond acceptors (Lipinski definition) is 0. The van der Waals surface area contributed by atoms with Crippen LogP contribution in [0.4, 0.5) is 13.2 Å². The normalized spacial score (nSPS) is 10.6. The van der Waals surface area contributed by atoms with Crippen molar-refractivity contribution in [2.24, 2.45) is 0 Å². The monoisotopic (exact) mass is 266 g/mol. The van der Waals surface area contributed by atoms with Crippen molar-refractivity contribution >= 4 is 0 Å². The molecule has 0 heterocycles. The fourth-order valence-electron chi connectivity index (χ4n) is 1.55. The van der Waals surface area contributed by atoms with E-state index in [0.717, 1.165) is 17.7 Å². The van der Waals surface area contributed by atoms with Gasteiger partial charge < -0.3 is 0 Å². The summed E-state index contributed by atoms with van der Waals surface area (Å²) in [5, 5.41) is 0. The van der Waals surface area contributed by atoms with Gasteiger partial charge in [-0.3, -0.25) is 0 Å². The highest BCUT2D eigenvalue weighted by Crippen LogP contribution is 2.28. The van der Waals surface area contributed by atoms with Gasteiger partial charge in [-0.15, -0.1) is 0 Å². The minimum atomic E-state index is -4.21. The average molecular weight is 266 g/mol. The second-order valence-corrected chi connectivity index (χ2v) is 4.52. The lowest BCUT2D eigenvalue weighted by molar-refractivity contribution is -0.137. The number of aryl methyl sites for hydroxylation is 3. The van der Waals surface area contributed by atoms with Crippen LogP contribution in [0.1, 0.15) is 22.3 Å². The maximum Gasteiger partial charge on any atom is 0.416 e. The van der Waals surface area contributed by atoms with E-state index in [2.05, 4.69) is 38.1 Å². The molecule has 2 aromatic carbocycles. The Balaban J connectivity index is 0.000000200. The molecule has 0 aliphatic rings. The molecule has 0 fully saturated rings. The number of alkyl halides is 3. The number of halogens is 3. The van der Waals surface area contributed by atoms with Gasteiger partial charge in [0.2, 0.25) is 0 Å². The Kier molecular flexibility index (Phi) is 5.16. The van der Waals surface area contributed by atoms with Gasteiger partial charge in [0.15, 0.2) is 0 Å². The highest BCUT2D eigenvalue weighted by atomic mass is 19.4.